The van der Waals surface area contributed by atoms with E-state index in [1.54, 1.807) is 61.7 Å². The highest BCUT2D eigenvalue weighted by Crippen LogP contribution is 2.38. The van der Waals surface area contributed by atoms with Gasteiger partial charge in [0, 0.05) is 12.1 Å². The highest BCUT2D eigenvalue weighted by atomic mass is 35.5. The molecule has 4 rings (SSSR count). The number of methoxy groups -OCH3 is 2. The number of ether oxygens (including phenoxy) is 3. The van der Waals surface area contributed by atoms with E-state index in [1.807, 2.05) is 0 Å². The van der Waals surface area contributed by atoms with Crippen LogP contribution >= 0.6 is 23.4 Å². The van der Waals surface area contributed by atoms with Crippen LogP contribution in [0.4, 0.5) is 11.4 Å². The Balaban J connectivity index is 1.49. The van der Waals surface area contributed by atoms with Gasteiger partial charge in [0.1, 0.15) is 12.4 Å². The van der Waals surface area contributed by atoms with E-state index in [9.17, 15) is 14.9 Å². The van der Waals surface area contributed by atoms with Gasteiger partial charge in [-0.25, -0.2) is 4.99 Å². The van der Waals surface area contributed by atoms with Crippen molar-refractivity contribution in [3.05, 3.63) is 91.8 Å². The normalized spacial score (nSPS) is 15.1. The molecule has 9 nitrogen and oxygen atoms in total. The number of nitro benzene ring substituents is 1. The number of amides is 1. The van der Waals surface area contributed by atoms with Crippen LogP contribution < -0.4 is 19.5 Å². The Hall–Kier alpha value is -4.02. The first-order chi connectivity index (χ1) is 17.4. The molecule has 0 unspecified atom stereocenters. The molecule has 0 radical (unpaired) electrons. The molecular formula is C25H20ClN3O6S. The average molecular weight is 526 g/mol. The van der Waals surface area contributed by atoms with Gasteiger partial charge in [-0.2, -0.15) is 0 Å². The highest BCUT2D eigenvalue weighted by Gasteiger charge is 2.24. The summed E-state index contributed by atoms with van der Waals surface area (Å²) in [6, 6.07) is 16.6. The summed E-state index contributed by atoms with van der Waals surface area (Å²) in [5, 5.41) is 14.3. The molecule has 1 aliphatic rings. The van der Waals surface area contributed by atoms with E-state index in [0.29, 0.717) is 43.6 Å². The van der Waals surface area contributed by atoms with Crippen molar-refractivity contribution in [2.45, 2.75) is 6.61 Å². The maximum absolute atomic E-state index is 12.5. The number of aliphatic imine (C=N–C) groups is 1. The van der Waals surface area contributed by atoms with Gasteiger partial charge in [-0.1, -0.05) is 11.6 Å². The van der Waals surface area contributed by atoms with E-state index in [0.717, 1.165) is 5.56 Å². The monoisotopic (exact) mass is 525 g/mol. The fourth-order valence-electron chi connectivity index (χ4n) is 3.24. The van der Waals surface area contributed by atoms with Crippen LogP contribution in [0.5, 0.6) is 17.2 Å². The van der Waals surface area contributed by atoms with E-state index in [4.69, 9.17) is 25.8 Å². The number of nitro groups is 1. The summed E-state index contributed by atoms with van der Waals surface area (Å²) in [7, 11) is 3.07. The fraction of sp³-hybridized carbons (Fsp3) is 0.120. The molecule has 0 atom stereocenters. The molecule has 1 saturated heterocycles. The highest BCUT2D eigenvalue weighted by molar-refractivity contribution is 8.18. The molecule has 0 saturated carbocycles. The predicted molar refractivity (Wildman–Crippen MR) is 139 cm³/mol. The molecule has 0 spiro atoms. The molecule has 184 valence electrons. The van der Waals surface area contributed by atoms with Crippen LogP contribution in [-0.2, 0) is 11.4 Å². The molecule has 11 heteroatoms. The first-order valence-corrected chi connectivity index (χ1v) is 11.7. The molecule has 36 heavy (non-hydrogen) atoms. The number of hydrogen-bond acceptors (Lipinski definition) is 8. The maximum Gasteiger partial charge on any atom is 0.269 e. The smallest absolute Gasteiger partial charge is 0.269 e. The number of rotatable bonds is 8. The van der Waals surface area contributed by atoms with Crippen molar-refractivity contribution in [1.82, 2.24) is 5.32 Å². The molecule has 3 aromatic carbocycles. The number of thioether (sulfide) groups is 1. The number of benzene rings is 3. The lowest BCUT2D eigenvalue weighted by Crippen LogP contribution is -2.19. The van der Waals surface area contributed by atoms with Crippen molar-refractivity contribution < 1.29 is 23.9 Å². The Labute approximate surface area is 215 Å². The molecule has 1 heterocycles. The summed E-state index contributed by atoms with van der Waals surface area (Å²) >= 11 is 7.67. The van der Waals surface area contributed by atoms with Crippen LogP contribution in [0, 0.1) is 10.1 Å². The molecule has 1 amide bonds. The third-order valence-corrected chi connectivity index (χ3v) is 6.22. The minimum Gasteiger partial charge on any atom is -0.497 e. The summed E-state index contributed by atoms with van der Waals surface area (Å²) in [6.07, 6.45) is 1.69. The molecule has 1 N–H and O–H groups in total. The van der Waals surface area contributed by atoms with Gasteiger partial charge in [0.05, 0.1) is 34.8 Å². The number of non-ortho nitro benzene ring substituents is 1. The van der Waals surface area contributed by atoms with Crippen molar-refractivity contribution in [2.24, 2.45) is 4.99 Å². The van der Waals surface area contributed by atoms with Gasteiger partial charge in [0.25, 0.3) is 11.6 Å². The molecule has 1 aliphatic heterocycles. The number of hydrogen-bond donors (Lipinski definition) is 1. The Morgan fingerprint density at radius 1 is 1.08 bits per heavy atom. The Bertz CT molecular complexity index is 1360. The van der Waals surface area contributed by atoms with Crippen LogP contribution in [0.3, 0.4) is 0 Å². The number of carbonyl (C=O) groups is 1. The van der Waals surface area contributed by atoms with E-state index >= 15 is 0 Å². The van der Waals surface area contributed by atoms with Gasteiger partial charge >= 0.3 is 0 Å². The van der Waals surface area contributed by atoms with Crippen molar-refractivity contribution >= 4 is 51.9 Å². The summed E-state index contributed by atoms with van der Waals surface area (Å²) in [5.41, 5.74) is 2.05. The SMILES string of the molecule is COc1ccc(N=C2NC(=O)/C(=C\c3cc(Cl)c(OCc4ccc([N+](=O)[O-])cc4)c(OC)c3)S2)cc1. The molecule has 0 bridgehead atoms. The number of halogens is 1. The largest absolute Gasteiger partial charge is 0.497 e. The number of amidine groups is 1. The van der Waals surface area contributed by atoms with Crippen LogP contribution in [0.25, 0.3) is 6.08 Å². The lowest BCUT2D eigenvalue weighted by Gasteiger charge is -2.13. The van der Waals surface area contributed by atoms with E-state index in [-0.39, 0.29) is 18.2 Å². The second-order valence-corrected chi connectivity index (χ2v) is 8.86. The molecule has 3 aromatic rings. The lowest BCUT2D eigenvalue weighted by atomic mass is 10.1. The minimum absolute atomic E-state index is 0.00206. The van der Waals surface area contributed by atoms with Crippen LogP contribution in [0.15, 0.2) is 70.6 Å². The van der Waals surface area contributed by atoms with Crippen molar-refractivity contribution in [2.75, 3.05) is 14.2 Å². The van der Waals surface area contributed by atoms with Crippen molar-refractivity contribution in [3.8, 4) is 17.2 Å². The van der Waals surface area contributed by atoms with Gasteiger partial charge in [0.2, 0.25) is 0 Å². The zero-order valence-electron chi connectivity index (χ0n) is 19.2. The minimum atomic E-state index is -0.464. The number of carbonyl (C=O) groups excluding carboxylic acids is 1. The second kappa shape index (κ2) is 11.1. The topological polar surface area (TPSA) is 112 Å². The molecule has 0 aliphatic carbocycles. The van der Waals surface area contributed by atoms with E-state index in [1.165, 1.54) is 31.0 Å². The maximum atomic E-state index is 12.5. The van der Waals surface area contributed by atoms with Crippen molar-refractivity contribution in [1.29, 1.82) is 0 Å². The first kappa shape index (κ1) is 25.1. The van der Waals surface area contributed by atoms with Gasteiger partial charge in [-0.15, -0.1) is 0 Å². The first-order valence-electron chi connectivity index (χ1n) is 10.5. The van der Waals surface area contributed by atoms with E-state index in [2.05, 4.69) is 10.3 Å². The third kappa shape index (κ3) is 5.96. The van der Waals surface area contributed by atoms with Gasteiger partial charge in [-0.3, -0.25) is 14.9 Å². The Morgan fingerprint density at radius 2 is 1.81 bits per heavy atom. The molecule has 0 aromatic heterocycles. The van der Waals surface area contributed by atoms with Gasteiger partial charge < -0.3 is 19.5 Å². The lowest BCUT2D eigenvalue weighted by molar-refractivity contribution is -0.384. The number of nitrogens with zero attached hydrogens (tertiary/aromatic N) is 2. The molecular weight excluding hydrogens is 506 g/mol. The summed E-state index contributed by atoms with van der Waals surface area (Å²) in [6.45, 7) is 0.137. The van der Waals surface area contributed by atoms with Gasteiger partial charge in [-0.05, 0) is 77.5 Å². The fourth-order valence-corrected chi connectivity index (χ4v) is 4.35. The third-order valence-electron chi connectivity index (χ3n) is 5.03. The van der Waals surface area contributed by atoms with Gasteiger partial charge in [0.15, 0.2) is 16.7 Å². The Morgan fingerprint density at radius 3 is 2.44 bits per heavy atom. The summed E-state index contributed by atoms with van der Waals surface area (Å²) in [4.78, 5) is 27.7. The zero-order chi connectivity index (χ0) is 25.7. The van der Waals surface area contributed by atoms with Crippen LogP contribution in [0.1, 0.15) is 11.1 Å². The van der Waals surface area contributed by atoms with E-state index < -0.39 is 4.92 Å². The zero-order valence-corrected chi connectivity index (χ0v) is 20.8. The quantitative estimate of drug-likeness (QED) is 0.227. The Kier molecular flexibility index (Phi) is 7.77. The molecule has 1 fully saturated rings. The van der Waals surface area contributed by atoms with Crippen molar-refractivity contribution in [3.63, 3.8) is 0 Å². The predicted octanol–water partition coefficient (Wildman–Crippen LogP) is 5.74. The van der Waals surface area contributed by atoms with Crippen LogP contribution in [0.2, 0.25) is 5.02 Å². The standard InChI is InChI=1S/C25H20ClN3O6S/c1-33-19-9-5-17(6-10-19)27-25-28-24(30)22(36-25)13-16-11-20(26)23(21(12-16)34-2)35-14-15-3-7-18(8-4-15)29(31)32/h3-13H,14H2,1-2H3,(H,27,28,30)/b22-13+. The summed E-state index contributed by atoms with van der Waals surface area (Å²) in [5.74, 6) is 1.14. The average Bonchev–Trinajstić information content (AvgIpc) is 3.21. The van der Waals surface area contributed by atoms with Crippen LogP contribution in [-0.4, -0.2) is 30.2 Å². The number of nitrogens with one attached hydrogen (secondary N) is 1. The summed E-state index contributed by atoms with van der Waals surface area (Å²) < 4.78 is 16.4. The second-order valence-electron chi connectivity index (χ2n) is 7.43.